The number of carbonyl (C=O) groups excluding carboxylic acids is 1. The molecule has 1 aliphatic rings. The Morgan fingerprint density at radius 1 is 1.22 bits per heavy atom. The zero-order valence-electron chi connectivity index (χ0n) is 14.5. The molecule has 0 amide bonds. The molecule has 0 aliphatic carbocycles. The Bertz CT molecular complexity index is 903. The number of hydrogen-bond acceptors (Lipinski definition) is 7. The fourth-order valence-electron chi connectivity index (χ4n) is 2.76. The Morgan fingerprint density at radius 3 is 2.52 bits per heavy atom. The number of sulfonamides is 1. The minimum Gasteiger partial charge on any atom is -0.465 e. The highest BCUT2D eigenvalue weighted by atomic mass is 32.2. The molecule has 1 aromatic carbocycles. The van der Waals surface area contributed by atoms with Gasteiger partial charge in [-0.3, -0.25) is 0 Å². The summed E-state index contributed by atoms with van der Waals surface area (Å²) < 4.78 is 50.1. The van der Waals surface area contributed by atoms with Crippen molar-refractivity contribution in [1.82, 2.24) is 14.3 Å². The molecule has 1 saturated heterocycles. The molecule has 0 unspecified atom stereocenters. The van der Waals surface area contributed by atoms with Gasteiger partial charge < -0.3 is 9.47 Å². The number of methoxy groups -OCH3 is 1. The molecule has 1 aromatic heterocycles. The molecule has 2 aromatic rings. The Labute approximate surface area is 156 Å². The van der Waals surface area contributed by atoms with E-state index in [9.17, 15) is 17.6 Å². The topological polar surface area (TPSA) is 98.7 Å². The van der Waals surface area contributed by atoms with Gasteiger partial charge in [-0.05, 0) is 37.1 Å². The Morgan fingerprint density at radius 2 is 1.89 bits per heavy atom. The lowest BCUT2D eigenvalue weighted by Crippen LogP contribution is -2.44. The number of hydrogen-bond donors (Lipinski definition) is 0. The number of ether oxygens (including phenoxy) is 2. The van der Waals surface area contributed by atoms with E-state index in [-0.39, 0.29) is 23.0 Å². The number of piperidine rings is 1. The van der Waals surface area contributed by atoms with Gasteiger partial charge in [0.25, 0.3) is 0 Å². The second-order valence-electron chi connectivity index (χ2n) is 5.94. The highest BCUT2D eigenvalue weighted by Gasteiger charge is 2.31. The summed E-state index contributed by atoms with van der Waals surface area (Å²) in [5, 5.41) is 0. The first-order valence-electron chi connectivity index (χ1n) is 8.23. The van der Waals surface area contributed by atoms with Crippen molar-refractivity contribution < 1.29 is 27.1 Å². The van der Waals surface area contributed by atoms with Crippen molar-refractivity contribution in [3.63, 3.8) is 0 Å². The second-order valence-corrected chi connectivity index (χ2v) is 7.88. The van der Waals surface area contributed by atoms with Gasteiger partial charge in [-0.25, -0.2) is 27.6 Å². The van der Waals surface area contributed by atoms with Crippen LogP contribution in [0.4, 0.5) is 4.39 Å². The van der Waals surface area contributed by atoms with Crippen molar-refractivity contribution >= 4 is 16.0 Å². The van der Waals surface area contributed by atoms with E-state index in [1.165, 1.54) is 35.7 Å². The van der Waals surface area contributed by atoms with Crippen molar-refractivity contribution in [2.45, 2.75) is 23.8 Å². The first-order chi connectivity index (χ1) is 12.9. The fourth-order valence-corrected chi connectivity index (χ4v) is 4.27. The number of esters is 1. The normalized spacial score (nSPS) is 18.1. The van der Waals surface area contributed by atoms with E-state index >= 15 is 0 Å². The monoisotopic (exact) mass is 395 g/mol. The molecule has 0 saturated carbocycles. The lowest BCUT2D eigenvalue weighted by molar-refractivity contribution is 0.0600. The molecule has 0 radical (unpaired) electrons. The zero-order valence-corrected chi connectivity index (χ0v) is 15.4. The molecule has 27 heavy (non-hydrogen) atoms. The van der Waals surface area contributed by atoms with Crippen LogP contribution in [0.1, 0.15) is 23.2 Å². The van der Waals surface area contributed by atoms with Crippen LogP contribution in [0.3, 0.4) is 0 Å². The lowest BCUT2D eigenvalue weighted by atomic mass is 10.1. The van der Waals surface area contributed by atoms with Crippen molar-refractivity contribution in [2.75, 3.05) is 20.2 Å². The summed E-state index contributed by atoms with van der Waals surface area (Å²) in [6, 6.07) is 5.55. The summed E-state index contributed by atoms with van der Waals surface area (Å²) in [4.78, 5) is 19.0. The molecule has 10 heteroatoms. The van der Waals surface area contributed by atoms with Gasteiger partial charge in [0.1, 0.15) is 6.10 Å². The molecule has 1 atom stereocenters. The molecule has 0 spiro atoms. The highest BCUT2D eigenvalue weighted by Crippen LogP contribution is 2.23. The van der Waals surface area contributed by atoms with Gasteiger partial charge in [-0.1, -0.05) is 0 Å². The van der Waals surface area contributed by atoms with Gasteiger partial charge in [-0.15, -0.1) is 0 Å². The first-order valence-corrected chi connectivity index (χ1v) is 9.67. The van der Waals surface area contributed by atoms with Crippen LogP contribution in [0.25, 0.3) is 0 Å². The van der Waals surface area contributed by atoms with Crippen LogP contribution in [0.15, 0.2) is 41.6 Å². The van der Waals surface area contributed by atoms with E-state index in [2.05, 4.69) is 14.7 Å². The van der Waals surface area contributed by atoms with Crippen molar-refractivity contribution in [3.8, 4) is 6.01 Å². The molecule has 144 valence electrons. The Kier molecular flexibility index (Phi) is 5.66. The van der Waals surface area contributed by atoms with Crippen LogP contribution >= 0.6 is 0 Å². The van der Waals surface area contributed by atoms with E-state index in [0.29, 0.717) is 19.4 Å². The third-order valence-corrected chi connectivity index (χ3v) is 6.00. The Hall–Kier alpha value is -2.59. The predicted molar refractivity (Wildman–Crippen MR) is 92.2 cm³/mol. The maximum Gasteiger partial charge on any atom is 0.337 e. The summed E-state index contributed by atoms with van der Waals surface area (Å²) in [7, 11) is -2.49. The number of carbonyl (C=O) groups is 1. The van der Waals surface area contributed by atoms with E-state index in [0.717, 1.165) is 12.4 Å². The first kappa shape index (κ1) is 19.2. The smallest absolute Gasteiger partial charge is 0.337 e. The molecule has 0 bridgehead atoms. The molecule has 8 nitrogen and oxygen atoms in total. The van der Waals surface area contributed by atoms with Crippen LogP contribution in [0.2, 0.25) is 0 Å². The van der Waals surface area contributed by atoms with E-state index in [1.54, 1.807) is 0 Å². The number of benzene rings is 1. The summed E-state index contributed by atoms with van der Waals surface area (Å²) in [6.45, 7) is 0.479. The van der Waals surface area contributed by atoms with Crippen LogP contribution in [-0.4, -0.2) is 55.0 Å². The van der Waals surface area contributed by atoms with E-state index < -0.39 is 27.9 Å². The third kappa shape index (κ3) is 4.40. The third-order valence-electron chi connectivity index (χ3n) is 4.12. The molecule has 3 rings (SSSR count). The second kappa shape index (κ2) is 7.97. The average Bonchev–Trinajstić information content (AvgIpc) is 2.69. The number of nitrogens with zero attached hydrogens (tertiary/aromatic N) is 3. The predicted octanol–water partition coefficient (Wildman–Crippen LogP) is 1.63. The van der Waals surface area contributed by atoms with Gasteiger partial charge in [0.15, 0.2) is 5.82 Å². The molecule has 2 heterocycles. The summed E-state index contributed by atoms with van der Waals surface area (Å²) in [5.74, 6) is -1.12. The summed E-state index contributed by atoms with van der Waals surface area (Å²) in [5.41, 5.74) is 0.268. The highest BCUT2D eigenvalue weighted by molar-refractivity contribution is 7.89. The number of aromatic nitrogens is 2. The molecular formula is C17H18FN3O5S. The van der Waals surface area contributed by atoms with Gasteiger partial charge in [0.05, 0.1) is 36.5 Å². The molecule has 0 N–H and O–H groups in total. The van der Waals surface area contributed by atoms with Crippen LogP contribution < -0.4 is 4.74 Å². The summed E-state index contributed by atoms with van der Waals surface area (Å²) in [6.07, 6.45) is 2.78. The van der Waals surface area contributed by atoms with Gasteiger partial charge in [-0.2, -0.15) is 4.31 Å². The van der Waals surface area contributed by atoms with Crippen LogP contribution in [0.5, 0.6) is 6.01 Å². The van der Waals surface area contributed by atoms with Gasteiger partial charge >= 0.3 is 12.0 Å². The zero-order chi connectivity index (χ0) is 19.4. The quantitative estimate of drug-likeness (QED) is 0.710. The Balaban J connectivity index is 1.72. The molecule has 1 fully saturated rings. The maximum absolute atomic E-state index is 12.9. The van der Waals surface area contributed by atoms with Crippen LogP contribution in [-0.2, 0) is 14.8 Å². The minimum absolute atomic E-state index is 0.00285. The molecular weight excluding hydrogens is 377 g/mol. The van der Waals surface area contributed by atoms with Crippen molar-refractivity contribution in [2.24, 2.45) is 0 Å². The lowest BCUT2D eigenvalue weighted by Gasteiger charge is -2.31. The fraction of sp³-hybridized carbons (Fsp3) is 0.353. The van der Waals surface area contributed by atoms with Gasteiger partial charge in [0, 0.05) is 6.54 Å². The largest absolute Gasteiger partial charge is 0.465 e. The number of halogens is 1. The SMILES string of the molecule is COC(=O)c1ccc(S(=O)(=O)N2CCC[C@@H](Oc3ncc(F)cn3)C2)cc1. The molecule has 1 aliphatic heterocycles. The maximum atomic E-state index is 12.9. The average molecular weight is 395 g/mol. The van der Waals surface area contributed by atoms with Gasteiger partial charge in [0.2, 0.25) is 10.0 Å². The minimum atomic E-state index is -3.74. The van der Waals surface area contributed by atoms with E-state index in [4.69, 9.17) is 4.74 Å². The number of rotatable bonds is 5. The van der Waals surface area contributed by atoms with E-state index in [1.807, 2.05) is 0 Å². The summed E-state index contributed by atoms with van der Waals surface area (Å²) >= 11 is 0. The van der Waals surface area contributed by atoms with Crippen molar-refractivity contribution in [3.05, 3.63) is 48.0 Å². The van der Waals surface area contributed by atoms with Crippen LogP contribution in [0, 0.1) is 5.82 Å². The van der Waals surface area contributed by atoms with Crippen molar-refractivity contribution in [1.29, 1.82) is 0 Å². The standard InChI is InChI=1S/C17H18FN3O5S/c1-25-16(22)12-4-6-15(7-5-12)27(23,24)21-8-2-3-14(11-21)26-17-19-9-13(18)10-20-17/h4-7,9-10,14H,2-3,8,11H2,1H3/t14-/m1/s1.